The molecule has 80 valence electrons. The molecule has 0 bridgehead atoms. The smallest absolute Gasteiger partial charge is 0.121 e. The maximum absolute atomic E-state index is 5.18. The molecule has 4 nitrogen and oxygen atoms in total. The van der Waals surface area contributed by atoms with Gasteiger partial charge in [-0.05, 0) is 30.9 Å². The van der Waals surface area contributed by atoms with Gasteiger partial charge in [-0.15, -0.1) is 5.53 Å². The summed E-state index contributed by atoms with van der Waals surface area (Å²) >= 11 is 0. The van der Waals surface area contributed by atoms with E-state index in [9.17, 15) is 0 Å². The van der Waals surface area contributed by atoms with Crippen molar-refractivity contribution in [3.05, 3.63) is 18.2 Å². The quantitative estimate of drug-likeness (QED) is 0.788. The molecule has 1 aliphatic heterocycles. The second kappa shape index (κ2) is 3.31. The topological polar surface area (TPSA) is 36.5 Å². The van der Waals surface area contributed by atoms with Gasteiger partial charge in [0, 0.05) is 12.6 Å². The third kappa shape index (κ3) is 1.61. The van der Waals surface area contributed by atoms with Gasteiger partial charge in [-0.2, -0.15) is 0 Å². The zero-order chi connectivity index (χ0) is 10.3. The first-order valence-electron chi connectivity index (χ1n) is 5.34. The highest BCUT2D eigenvalue weighted by atomic mass is 16.5. The highest BCUT2D eigenvalue weighted by Crippen LogP contribution is 2.36. The Labute approximate surface area is 89.2 Å². The monoisotopic (exact) mass is 205 g/mol. The maximum Gasteiger partial charge on any atom is 0.121 e. The minimum Gasteiger partial charge on any atom is -0.497 e. The van der Waals surface area contributed by atoms with Gasteiger partial charge in [-0.3, -0.25) is 5.01 Å². The molecule has 0 atom stereocenters. The van der Waals surface area contributed by atoms with Crippen LogP contribution in [0.15, 0.2) is 18.2 Å². The van der Waals surface area contributed by atoms with Crippen molar-refractivity contribution in [1.82, 2.24) is 5.53 Å². The van der Waals surface area contributed by atoms with E-state index in [2.05, 4.69) is 22.0 Å². The number of benzene rings is 1. The Morgan fingerprint density at radius 2 is 2.33 bits per heavy atom. The van der Waals surface area contributed by atoms with Gasteiger partial charge in [0.15, 0.2) is 0 Å². The molecule has 0 radical (unpaired) electrons. The zero-order valence-corrected chi connectivity index (χ0v) is 8.79. The molecule has 1 fully saturated rings. The molecule has 0 saturated heterocycles. The summed E-state index contributed by atoms with van der Waals surface area (Å²) in [4.78, 5) is 0. The molecule has 1 saturated carbocycles. The Kier molecular flexibility index (Phi) is 1.95. The van der Waals surface area contributed by atoms with Crippen LogP contribution in [-0.2, 0) is 0 Å². The van der Waals surface area contributed by atoms with Gasteiger partial charge >= 0.3 is 0 Å². The van der Waals surface area contributed by atoms with Crippen LogP contribution in [-0.4, -0.2) is 13.7 Å². The number of rotatable bonds is 3. The molecule has 1 aliphatic carbocycles. The van der Waals surface area contributed by atoms with Gasteiger partial charge in [0.2, 0.25) is 0 Å². The third-order valence-corrected chi connectivity index (χ3v) is 2.96. The van der Waals surface area contributed by atoms with E-state index >= 15 is 0 Å². The number of nitrogens with zero attached hydrogens (tertiary/aromatic N) is 1. The third-order valence-electron chi connectivity index (χ3n) is 2.96. The molecule has 15 heavy (non-hydrogen) atoms. The van der Waals surface area contributed by atoms with Crippen LogP contribution in [0.4, 0.5) is 11.4 Å². The van der Waals surface area contributed by atoms with Gasteiger partial charge in [0.05, 0.1) is 18.5 Å². The van der Waals surface area contributed by atoms with Crippen LogP contribution in [0.25, 0.3) is 0 Å². The van der Waals surface area contributed by atoms with Crippen LogP contribution in [0.5, 0.6) is 5.75 Å². The fourth-order valence-electron chi connectivity index (χ4n) is 1.87. The Balaban J connectivity index is 1.83. The van der Waals surface area contributed by atoms with Crippen molar-refractivity contribution >= 4 is 11.4 Å². The summed E-state index contributed by atoms with van der Waals surface area (Å²) in [7, 11) is 1.69. The molecule has 4 heteroatoms. The van der Waals surface area contributed by atoms with Crippen LogP contribution in [0.2, 0.25) is 0 Å². The van der Waals surface area contributed by atoms with Crippen molar-refractivity contribution in [3.8, 4) is 5.75 Å². The van der Waals surface area contributed by atoms with Crippen molar-refractivity contribution < 1.29 is 4.74 Å². The van der Waals surface area contributed by atoms with E-state index in [-0.39, 0.29) is 0 Å². The first-order valence-corrected chi connectivity index (χ1v) is 5.34. The summed E-state index contributed by atoms with van der Waals surface area (Å²) < 4.78 is 5.18. The molecule has 0 amide bonds. The van der Waals surface area contributed by atoms with Gasteiger partial charge in [-0.25, -0.2) is 0 Å². The lowest BCUT2D eigenvalue weighted by molar-refractivity contribution is 0.415. The summed E-state index contributed by atoms with van der Waals surface area (Å²) in [6.45, 7) is 1.09. The van der Waals surface area contributed by atoms with Crippen LogP contribution >= 0.6 is 0 Å². The molecule has 1 heterocycles. The average Bonchev–Trinajstić information content (AvgIpc) is 2.99. The summed E-state index contributed by atoms with van der Waals surface area (Å²) in [5, 5.41) is 2.17. The molecular formula is C11H15N3O. The van der Waals surface area contributed by atoms with Crippen molar-refractivity contribution in [3.63, 3.8) is 0 Å². The van der Waals surface area contributed by atoms with Gasteiger partial charge in [-0.1, -0.05) is 0 Å². The highest BCUT2D eigenvalue weighted by molar-refractivity contribution is 5.74. The highest BCUT2D eigenvalue weighted by Gasteiger charge is 2.28. The van der Waals surface area contributed by atoms with E-state index in [4.69, 9.17) is 4.74 Å². The van der Waals surface area contributed by atoms with Gasteiger partial charge in [0.1, 0.15) is 5.75 Å². The molecule has 1 aromatic carbocycles. The normalized spacial score (nSPS) is 18.6. The van der Waals surface area contributed by atoms with Crippen molar-refractivity contribution in [1.29, 1.82) is 0 Å². The molecule has 0 aromatic heterocycles. The Bertz CT molecular complexity index is 376. The van der Waals surface area contributed by atoms with Crippen LogP contribution < -0.4 is 20.7 Å². The van der Waals surface area contributed by atoms with E-state index in [1.807, 2.05) is 12.1 Å². The first-order chi connectivity index (χ1) is 7.36. The minimum atomic E-state index is 0.868. The molecule has 0 spiro atoms. The predicted octanol–water partition coefficient (Wildman–Crippen LogP) is 1.76. The maximum atomic E-state index is 5.18. The van der Waals surface area contributed by atoms with Crippen LogP contribution in [0.1, 0.15) is 12.8 Å². The lowest BCUT2D eigenvalue weighted by Gasteiger charge is -2.17. The number of anilines is 2. The van der Waals surface area contributed by atoms with Gasteiger partial charge < -0.3 is 10.2 Å². The number of hydrogen-bond donors (Lipinski definition) is 2. The summed E-state index contributed by atoms with van der Waals surface area (Å²) in [5.74, 6) is 1.75. The number of ether oxygens (including phenoxy) is 1. The molecule has 3 rings (SSSR count). The minimum absolute atomic E-state index is 0.868. The fraction of sp³-hybridized carbons (Fsp3) is 0.455. The summed E-state index contributed by atoms with van der Waals surface area (Å²) in [6, 6.07) is 6.09. The van der Waals surface area contributed by atoms with Crippen LogP contribution in [0.3, 0.4) is 0 Å². The lowest BCUT2D eigenvalue weighted by atomic mass is 10.2. The number of hydrazine groups is 2. The summed E-state index contributed by atoms with van der Waals surface area (Å²) in [6.07, 6.45) is 2.73. The van der Waals surface area contributed by atoms with E-state index < -0.39 is 0 Å². The van der Waals surface area contributed by atoms with Gasteiger partial charge in [0.25, 0.3) is 0 Å². The molecular weight excluding hydrogens is 190 g/mol. The van der Waals surface area contributed by atoms with Crippen LogP contribution in [0, 0.1) is 5.92 Å². The number of hydrogen-bond acceptors (Lipinski definition) is 4. The number of methoxy groups -OCH3 is 1. The van der Waals surface area contributed by atoms with E-state index in [1.165, 1.54) is 18.5 Å². The SMILES string of the molecule is COc1ccc2c(c1)NNN2CC1CC1. The average molecular weight is 205 g/mol. The second-order valence-corrected chi connectivity index (χ2v) is 4.17. The number of nitrogens with one attached hydrogen (secondary N) is 2. The first kappa shape index (κ1) is 8.85. The zero-order valence-electron chi connectivity index (χ0n) is 8.79. The standard InChI is InChI=1S/C11H15N3O/c1-15-9-4-5-11-10(6-9)12-13-14(11)7-8-2-3-8/h4-6,8,12-13H,2-3,7H2,1H3. The largest absolute Gasteiger partial charge is 0.497 e. The predicted molar refractivity (Wildman–Crippen MR) is 59.8 cm³/mol. The second-order valence-electron chi connectivity index (χ2n) is 4.17. The molecule has 2 N–H and O–H groups in total. The Hall–Kier alpha value is -1.42. The fourth-order valence-corrected chi connectivity index (χ4v) is 1.87. The van der Waals surface area contributed by atoms with E-state index in [0.717, 1.165) is 23.9 Å². The Morgan fingerprint density at radius 3 is 3.07 bits per heavy atom. The molecule has 0 unspecified atom stereocenters. The Morgan fingerprint density at radius 1 is 1.47 bits per heavy atom. The number of fused-ring (bicyclic) bond motifs is 1. The lowest BCUT2D eigenvalue weighted by Crippen LogP contribution is -2.37. The van der Waals surface area contributed by atoms with Crippen molar-refractivity contribution in [2.45, 2.75) is 12.8 Å². The van der Waals surface area contributed by atoms with E-state index in [1.54, 1.807) is 7.11 Å². The summed E-state index contributed by atoms with van der Waals surface area (Å²) in [5.41, 5.74) is 8.63. The molecule has 2 aliphatic rings. The molecule has 1 aromatic rings. The van der Waals surface area contributed by atoms with Crippen molar-refractivity contribution in [2.75, 3.05) is 24.1 Å². The van der Waals surface area contributed by atoms with Crippen molar-refractivity contribution in [2.24, 2.45) is 5.92 Å². The van der Waals surface area contributed by atoms with E-state index in [0.29, 0.717) is 0 Å².